The number of hydrogen-bond acceptors (Lipinski definition) is 5. The van der Waals surface area contributed by atoms with Crippen molar-refractivity contribution in [2.24, 2.45) is 0 Å². The molecule has 0 spiro atoms. The molecule has 1 N–H and O–H groups in total. The van der Waals surface area contributed by atoms with Crippen LogP contribution in [0.1, 0.15) is 37.0 Å². The molecular weight excluding hydrogens is 476 g/mol. The number of aryl methyl sites for hydroxylation is 2. The molecular formula is C24H25BrN2O5. The topological polar surface area (TPSA) is 84.9 Å². The number of amides is 4. The number of nitrogens with one attached hydrogen (secondary N) is 1. The van der Waals surface area contributed by atoms with Crippen molar-refractivity contribution in [1.82, 2.24) is 5.32 Å². The lowest BCUT2D eigenvalue weighted by atomic mass is 10.0. The molecule has 1 aliphatic rings. The summed E-state index contributed by atoms with van der Waals surface area (Å²) in [6.07, 6.45) is 2.24. The van der Waals surface area contributed by atoms with Gasteiger partial charge in [-0.05, 0) is 74.2 Å². The van der Waals surface area contributed by atoms with E-state index in [-0.39, 0.29) is 11.7 Å². The highest BCUT2D eigenvalue weighted by Gasteiger charge is 2.37. The third kappa shape index (κ3) is 4.85. The molecule has 168 valence electrons. The predicted octanol–water partition coefficient (Wildman–Crippen LogP) is 4.92. The lowest BCUT2D eigenvalue weighted by molar-refractivity contribution is -0.122. The number of urea groups is 1. The zero-order valence-corrected chi connectivity index (χ0v) is 20.2. The van der Waals surface area contributed by atoms with Gasteiger partial charge in [0.15, 0.2) is 11.5 Å². The monoisotopic (exact) mass is 500 g/mol. The van der Waals surface area contributed by atoms with Gasteiger partial charge in [0.05, 0.1) is 18.9 Å². The molecule has 8 heteroatoms. The highest BCUT2D eigenvalue weighted by molar-refractivity contribution is 9.10. The average molecular weight is 501 g/mol. The molecule has 1 aliphatic heterocycles. The van der Waals surface area contributed by atoms with Gasteiger partial charge in [-0.3, -0.25) is 14.9 Å². The number of barbiturate groups is 1. The molecule has 2 aromatic carbocycles. The van der Waals surface area contributed by atoms with Crippen LogP contribution in [-0.4, -0.2) is 31.1 Å². The highest BCUT2D eigenvalue weighted by atomic mass is 79.9. The second kappa shape index (κ2) is 9.56. The van der Waals surface area contributed by atoms with Crippen molar-refractivity contribution in [3.05, 3.63) is 57.1 Å². The number of carbonyl (C=O) groups is 3. The number of benzene rings is 2. The Bertz CT molecular complexity index is 1110. The summed E-state index contributed by atoms with van der Waals surface area (Å²) in [4.78, 5) is 39.2. The van der Waals surface area contributed by atoms with Gasteiger partial charge in [-0.2, -0.15) is 0 Å². The van der Waals surface area contributed by atoms with Crippen molar-refractivity contribution in [3.8, 4) is 11.5 Å². The number of halogens is 1. The lowest BCUT2D eigenvalue weighted by Gasteiger charge is -2.27. The maximum Gasteiger partial charge on any atom is 0.335 e. The summed E-state index contributed by atoms with van der Waals surface area (Å²) in [5, 5.41) is 2.25. The fourth-order valence-electron chi connectivity index (χ4n) is 3.34. The Morgan fingerprint density at radius 2 is 1.72 bits per heavy atom. The minimum absolute atomic E-state index is 0.0111. The summed E-state index contributed by atoms with van der Waals surface area (Å²) in [6, 6.07) is 8.00. The van der Waals surface area contributed by atoms with E-state index in [9.17, 15) is 14.4 Å². The van der Waals surface area contributed by atoms with Crippen LogP contribution in [-0.2, 0) is 9.59 Å². The van der Waals surface area contributed by atoms with Gasteiger partial charge in [0.1, 0.15) is 5.57 Å². The van der Waals surface area contributed by atoms with Crippen molar-refractivity contribution >= 4 is 45.5 Å². The van der Waals surface area contributed by atoms with Crippen LogP contribution in [0.5, 0.6) is 11.5 Å². The fourth-order valence-corrected chi connectivity index (χ4v) is 3.78. The zero-order valence-electron chi connectivity index (χ0n) is 18.6. The van der Waals surface area contributed by atoms with E-state index < -0.39 is 17.8 Å². The Hall–Kier alpha value is -3.13. The van der Waals surface area contributed by atoms with Crippen LogP contribution in [0, 0.1) is 13.8 Å². The van der Waals surface area contributed by atoms with E-state index in [1.807, 2.05) is 33.8 Å². The minimum atomic E-state index is -0.781. The molecule has 0 aromatic heterocycles. The maximum absolute atomic E-state index is 13.2. The number of carbonyl (C=O) groups excluding carboxylic acids is 3. The van der Waals surface area contributed by atoms with Crippen LogP contribution in [0.3, 0.4) is 0 Å². The molecule has 0 aliphatic carbocycles. The van der Waals surface area contributed by atoms with Gasteiger partial charge in [-0.15, -0.1) is 0 Å². The second-order valence-electron chi connectivity index (χ2n) is 7.67. The Kier molecular flexibility index (Phi) is 7.03. The Balaban J connectivity index is 2.04. The highest BCUT2D eigenvalue weighted by Crippen LogP contribution is 2.36. The first-order chi connectivity index (χ1) is 15.1. The molecule has 2 aromatic rings. The molecule has 7 nitrogen and oxygen atoms in total. The first-order valence-corrected chi connectivity index (χ1v) is 11.0. The van der Waals surface area contributed by atoms with Gasteiger partial charge in [0.25, 0.3) is 11.8 Å². The second-order valence-corrected chi connectivity index (χ2v) is 8.52. The lowest BCUT2D eigenvalue weighted by Crippen LogP contribution is -2.54. The van der Waals surface area contributed by atoms with E-state index in [1.165, 1.54) is 13.2 Å². The smallest absolute Gasteiger partial charge is 0.335 e. The van der Waals surface area contributed by atoms with Crippen LogP contribution in [0.2, 0.25) is 0 Å². The quantitative estimate of drug-likeness (QED) is 0.449. The van der Waals surface area contributed by atoms with Crippen LogP contribution in [0.4, 0.5) is 10.5 Å². The van der Waals surface area contributed by atoms with E-state index in [0.717, 1.165) is 22.4 Å². The van der Waals surface area contributed by atoms with Crippen LogP contribution in [0.25, 0.3) is 6.08 Å². The molecule has 0 saturated carbocycles. The summed E-state index contributed by atoms with van der Waals surface area (Å²) in [5.74, 6) is -0.449. The van der Waals surface area contributed by atoms with E-state index in [4.69, 9.17) is 9.47 Å². The van der Waals surface area contributed by atoms with Gasteiger partial charge >= 0.3 is 6.03 Å². The summed E-state index contributed by atoms with van der Waals surface area (Å²) < 4.78 is 11.9. The van der Waals surface area contributed by atoms with Crippen molar-refractivity contribution in [1.29, 1.82) is 0 Å². The van der Waals surface area contributed by atoms with Crippen molar-refractivity contribution < 1.29 is 23.9 Å². The number of imide groups is 2. The SMILES string of the molecule is CC[C@@H](C)Oc1cc(Br)c(/C=C2\C(=O)NC(=O)N(c3cc(C)cc(C)c3)C2=O)cc1OC. The average Bonchev–Trinajstić information content (AvgIpc) is 2.71. The fraction of sp³-hybridized carbons (Fsp3) is 0.292. The molecule has 0 bridgehead atoms. The molecule has 1 atom stereocenters. The summed E-state index contributed by atoms with van der Waals surface area (Å²) >= 11 is 3.48. The van der Waals surface area contributed by atoms with Crippen molar-refractivity contribution in [2.75, 3.05) is 12.0 Å². The maximum atomic E-state index is 13.2. The molecule has 3 rings (SSSR count). The largest absolute Gasteiger partial charge is 0.493 e. The van der Waals surface area contributed by atoms with Crippen molar-refractivity contribution in [3.63, 3.8) is 0 Å². The zero-order chi connectivity index (χ0) is 23.6. The summed E-state index contributed by atoms with van der Waals surface area (Å²) in [5.41, 5.74) is 2.56. The van der Waals surface area contributed by atoms with Crippen LogP contribution < -0.4 is 19.7 Å². The molecule has 0 unspecified atom stereocenters. The molecule has 1 heterocycles. The van der Waals surface area contributed by atoms with Gasteiger partial charge in [0, 0.05) is 4.47 Å². The number of anilines is 1. The summed E-state index contributed by atoms with van der Waals surface area (Å²) in [6.45, 7) is 7.71. The third-order valence-corrected chi connectivity index (χ3v) is 5.74. The minimum Gasteiger partial charge on any atom is -0.493 e. The third-order valence-electron chi connectivity index (χ3n) is 5.05. The van der Waals surface area contributed by atoms with Gasteiger partial charge in [0.2, 0.25) is 0 Å². The van der Waals surface area contributed by atoms with Gasteiger partial charge in [-0.25, -0.2) is 9.69 Å². The van der Waals surface area contributed by atoms with E-state index in [2.05, 4.69) is 21.2 Å². The van der Waals surface area contributed by atoms with Crippen LogP contribution >= 0.6 is 15.9 Å². The predicted molar refractivity (Wildman–Crippen MR) is 126 cm³/mol. The number of ether oxygens (including phenoxy) is 2. The van der Waals surface area contributed by atoms with Crippen LogP contribution in [0.15, 0.2) is 40.4 Å². The molecule has 1 saturated heterocycles. The Morgan fingerprint density at radius 3 is 2.31 bits per heavy atom. The number of nitrogens with zero attached hydrogens (tertiary/aromatic N) is 1. The number of hydrogen-bond donors (Lipinski definition) is 1. The number of rotatable bonds is 6. The Labute approximate surface area is 195 Å². The van der Waals surface area contributed by atoms with Gasteiger partial charge in [-0.1, -0.05) is 28.9 Å². The standard InChI is InChI=1S/C24H25BrN2O5/c1-6-15(4)32-21-12-19(25)16(11-20(21)31-5)10-18-22(28)26-24(30)27(23(18)29)17-8-13(2)7-14(3)9-17/h7-12,15H,6H2,1-5H3,(H,26,28,30)/b18-10+/t15-/m1/s1. The molecule has 32 heavy (non-hydrogen) atoms. The first kappa shape index (κ1) is 23.5. The number of methoxy groups -OCH3 is 1. The molecule has 1 fully saturated rings. The van der Waals surface area contributed by atoms with E-state index in [0.29, 0.717) is 27.2 Å². The normalized spacial score (nSPS) is 16.2. The van der Waals surface area contributed by atoms with E-state index >= 15 is 0 Å². The first-order valence-electron chi connectivity index (χ1n) is 10.2. The van der Waals surface area contributed by atoms with Gasteiger partial charge < -0.3 is 9.47 Å². The van der Waals surface area contributed by atoms with Crippen molar-refractivity contribution in [2.45, 2.75) is 40.2 Å². The molecule has 0 radical (unpaired) electrons. The molecule has 4 amide bonds. The Morgan fingerprint density at radius 1 is 1.06 bits per heavy atom. The summed E-state index contributed by atoms with van der Waals surface area (Å²) in [7, 11) is 1.52. The van der Waals surface area contributed by atoms with E-state index in [1.54, 1.807) is 24.3 Å².